The highest BCUT2D eigenvalue weighted by molar-refractivity contribution is 5.80. The molecule has 0 saturated heterocycles. The second-order valence-electron chi connectivity index (χ2n) is 5.42. The summed E-state index contributed by atoms with van der Waals surface area (Å²) in [7, 11) is 0. The van der Waals surface area contributed by atoms with E-state index in [4.69, 9.17) is 0 Å². The van der Waals surface area contributed by atoms with Gasteiger partial charge in [-0.3, -0.25) is 0 Å². The topological polar surface area (TPSA) is 15.8 Å². The average Bonchev–Trinajstić information content (AvgIpc) is 2.96. The van der Waals surface area contributed by atoms with E-state index in [0.29, 0.717) is 0 Å². The van der Waals surface area contributed by atoms with Gasteiger partial charge in [0.05, 0.1) is 0 Å². The van der Waals surface area contributed by atoms with Gasteiger partial charge in [0, 0.05) is 11.2 Å². The van der Waals surface area contributed by atoms with Crippen molar-refractivity contribution >= 4 is 10.9 Å². The molecule has 0 aliphatic heterocycles. The first-order chi connectivity index (χ1) is 8.42. The van der Waals surface area contributed by atoms with Crippen molar-refractivity contribution in [2.75, 3.05) is 0 Å². The minimum atomic E-state index is 1.03. The first kappa shape index (κ1) is 10.9. The molecule has 1 aromatic carbocycles. The van der Waals surface area contributed by atoms with Crippen molar-refractivity contribution in [2.24, 2.45) is 5.92 Å². The van der Waals surface area contributed by atoms with Gasteiger partial charge < -0.3 is 4.98 Å². The highest BCUT2D eigenvalue weighted by Gasteiger charge is 2.14. The average molecular weight is 227 g/mol. The first-order valence-electron chi connectivity index (χ1n) is 6.98. The van der Waals surface area contributed by atoms with Crippen LogP contribution in [-0.2, 0) is 6.42 Å². The van der Waals surface area contributed by atoms with Crippen molar-refractivity contribution in [2.45, 2.75) is 44.9 Å². The Kier molecular flexibility index (Phi) is 3.17. The monoisotopic (exact) mass is 227 g/mol. The molecule has 0 unspecified atom stereocenters. The molecule has 0 bridgehead atoms. The van der Waals surface area contributed by atoms with Gasteiger partial charge in [0.2, 0.25) is 0 Å². The Morgan fingerprint density at radius 1 is 1.12 bits per heavy atom. The molecule has 1 heterocycles. The molecule has 0 radical (unpaired) electrons. The van der Waals surface area contributed by atoms with E-state index >= 15 is 0 Å². The van der Waals surface area contributed by atoms with Crippen molar-refractivity contribution in [1.29, 1.82) is 0 Å². The molecule has 1 nitrogen and oxygen atoms in total. The number of aryl methyl sites for hydroxylation is 1. The fraction of sp³-hybridized carbons (Fsp3) is 0.500. The Labute approximate surface area is 103 Å². The van der Waals surface area contributed by atoms with Gasteiger partial charge in [0.15, 0.2) is 0 Å². The molecule has 0 atom stereocenters. The number of nitrogens with one attached hydrogen (secondary N) is 1. The Morgan fingerprint density at radius 2 is 1.94 bits per heavy atom. The van der Waals surface area contributed by atoms with Crippen molar-refractivity contribution in [3.8, 4) is 0 Å². The lowest BCUT2D eigenvalue weighted by Gasteiger charge is -2.07. The quantitative estimate of drug-likeness (QED) is 0.780. The van der Waals surface area contributed by atoms with Crippen LogP contribution in [0, 0.1) is 5.92 Å². The van der Waals surface area contributed by atoms with Crippen molar-refractivity contribution in [3.63, 3.8) is 0 Å². The van der Waals surface area contributed by atoms with Gasteiger partial charge in [0.1, 0.15) is 0 Å². The molecule has 1 aromatic heterocycles. The van der Waals surface area contributed by atoms with Crippen LogP contribution in [0.5, 0.6) is 0 Å². The number of aromatic amines is 1. The van der Waals surface area contributed by atoms with Gasteiger partial charge >= 0.3 is 0 Å². The largest absolute Gasteiger partial charge is 0.358 e. The third-order valence-corrected chi connectivity index (χ3v) is 4.12. The van der Waals surface area contributed by atoms with Crippen LogP contribution >= 0.6 is 0 Å². The summed E-state index contributed by atoms with van der Waals surface area (Å²) < 4.78 is 0. The van der Waals surface area contributed by atoms with E-state index < -0.39 is 0 Å². The van der Waals surface area contributed by atoms with E-state index in [9.17, 15) is 0 Å². The summed E-state index contributed by atoms with van der Waals surface area (Å²) in [6, 6.07) is 10.9. The normalized spacial score (nSPS) is 16.9. The predicted octanol–water partition coefficient (Wildman–Crippen LogP) is 4.68. The molecule has 1 aliphatic carbocycles. The summed E-state index contributed by atoms with van der Waals surface area (Å²) in [4.78, 5) is 3.52. The number of hydrogen-bond donors (Lipinski definition) is 1. The zero-order chi connectivity index (χ0) is 11.5. The smallest absolute Gasteiger partial charge is 0.0456 e. The summed E-state index contributed by atoms with van der Waals surface area (Å²) in [5, 5.41) is 1.35. The molecule has 0 spiro atoms. The second kappa shape index (κ2) is 4.95. The number of aromatic nitrogens is 1. The van der Waals surface area contributed by atoms with Crippen molar-refractivity contribution in [3.05, 3.63) is 36.0 Å². The molecular weight excluding hydrogens is 206 g/mol. The van der Waals surface area contributed by atoms with E-state index in [0.717, 1.165) is 5.92 Å². The highest BCUT2D eigenvalue weighted by Crippen LogP contribution is 2.29. The standard InChI is InChI=1S/C16H21N/c1-2-7-13(6-1)8-5-10-15-12-14-9-3-4-11-16(14)17-15/h3-4,9,11-13,17H,1-2,5-8,10H2. The maximum Gasteiger partial charge on any atom is 0.0456 e. The Balaban J connectivity index is 1.57. The van der Waals surface area contributed by atoms with Crippen LogP contribution in [0.4, 0.5) is 0 Å². The second-order valence-corrected chi connectivity index (χ2v) is 5.42. The molecule has 2 aromatic rings. The maximum atomic E-state index is 3.52. The van der Waals surface area contributed by atoms with Crippen LogP contribution in [0.25, 0.3) is 10.9 Å². The van der Waals surface area contributed by atoms with Crippen LogP contribution < -0.4 is 0 Å². The molecule has 1 saturated carbocycles. The van der Waals surface area contributed by atoms with E-state index in [1.807, 2.05) is 0 Å². The fourth-order valence-corrected chi connectivity index (χ4v) is 3.15. The zero-order valence-corrected chi connectivity index (χ0v) is 10.4. The third kappa shape index (κ3) is 2.54. The maximum absolute atomic E-state index is 3.52. The number of H-pyrrole nitrogens is 1. The Hall–Kier alpha value is -1.24. The third-order valence-electron chi connectivity index (χ3n) is 4.12. The lowest BCUT2D eigenvalue weighted by molar-refractivity contribution is 0.483. The number of fused-ring (bicyclic) bond motifs is 1. The first-order valence-corrected chi connectivity index (χ1v) is 6.98. The molecule has 1 N–H and O–H groups in total. The Bertz CT molecular complexity index is 444. The molecule has 0 amide bonds. The highest BCUT2D eigenvalue weighted by atomic mass is 14.7. The van der Waals surface area contributed by atoms with E-state index in [2.05, 4.69) is 35.3 Å². The number of benzene rings is 1. The molecule has 1 fully saturated rings. The summed E-state index contributed by atoms with van der Waals surface area (Å²) in [5.74, 6) is 1.03. The van der Waals surface area contributed by atoms with Crippen LogP contribution in [0.15, 0.2) is 30.3 Å². The van der Waals surface area contributed by atoms with Gasteiger partial charge in [-0.1, -0.05) is 50.3 Å². The fourth-order valence-electron chi connectivity index (χ4n) is 3.15. The molecule has 3 rings (SSSR count). The van der Waals surface area contributed by atoms with Crippen molar-refractivity contribution in [1.82, 2.24) is 4.98 Å². The predicted molar refractivity (Wildman–Crippen MR) is 73.2 cm³/mol. The van der Waals surface area contributed by atoms with Gasteiger partial charge in [-0.05, 0) is 36.3 Å². The van der Waals surface area contributed by atoms with Crippen LogP contribution in [0.1, 0.15) is 44.2 Å². The minimum Gasteiger partial charge on any atom is -0.358 e. The lowest BCUT2D eigenvalue weighted by Crippen LogP contribution is -1.94. The summed E-state index contributed by atoms with van der Waals surface area (Å²) in [6.07, 6.45) is 9.88. The van der Waals surface area contributed by atoms with Crippen LogP contribution in [-0.4, -0.2) is 4.98 Å². The molecule has 17 heavy (non-hydrogen) atoms. The van der Waals surface area contributed by atoms with E-state index in [1.165, 1.54) is 61.5 Å². The van der Waals surface area contributed by atoms with Crippen LogP contribution in [0.2, 0.25) is 0 Å². The summed E-state index contributed by atoms with van der Waals surface area (Å²) in [6.45, 7) is 0. The summed E-state index contributed by atoms with van der Waals surface area (Å²) in [5.41, 5.74) is 2.69. The van der Waals surface area contributed by atoms with Gasteiger partial charge in [-0.15, -0.1) is 0 Å². The number of hydrogen-bond acceptors (Lipinski definition) is 0. The van der Waals surface area contributed by atoms with Gasteiger partial charge in [-0.2, -0.15) is 0 Å². The number of para-hydroxylation sites is 1. The molecule has 90 valence electrons. The Morgan fingerprint density at radius 3 is 2.76 bits per heavy atom. The summed E-state index contributed by atoms with van der Waals surface area (Å²) >= 11 is 0. The molecular formula is C16H21N. The van der Waals surface area contributed by atoms with E-state index in [-0.39, 0.29) is 0 Å². The zero-order valence-electron chi connectivity index (χ0n) is 10.4. The minimum absolute atomic E-state index is 1.03. The SMILES string of the molecule is c1ccc2[nH]c(CCCC3CCCC3)cc2c1. The molecule has 1 aliphatic rings. The van der Waals surface area contributed by atoms with Gasteiger partial charge in [-0.25, -0.2) is 0 Å². The number of rotatable bonds is 4. The lowest BCUT2D eigenvalue weighted by atomic mass is 10.00. The van der Waals surface area contributed by atoms with Crippen molar-refractivity contribution < 1.29 is 0 Å². The van der Waals surface area contributed by atoms with E-state index in [1.54, 1.807) is 0 Å². The van der Waals surface area contributed by atoms with Gasteiger partial charge in [0.25, 0.3) is 0 Å². The van der Waals surface area contributed by atoms with Crippen LogP contribution in [0.3, 0.4) is 0 Å². The molecule has 1 heteroatoms.